The third-order valence-corrected chi connectivity index (χ3v) is 3.99. The Morgan fingerprint density at radius 1 is 1.33 bits per heavy atom. The van der Waals surface area contributed by atoms with Gasteiger partial charge < -0.3 is 15.4 Å². The maximum Gasteiger partial charge on any atom is 0.259 e. The SMILES string of the molecule is Nc1cccc(C2CN(C(=O)c3cnn4cccnc34)CCO2)n1. The van der Waals surface area contributed by atoms with Crippen molar-refractivity contribution in [2.45, 2.75) is 6.10 Å². The predicted molar refractivity (Wildman–Crippen MR) is 86.2 cm³/mol. The number of nitrogens with zero attached hydrogens (tertiary/aromatic N) is 5. The molecular weight excluding hydrogens is 308 g/mol. The van der Waals surface area contributed by atoms with Crippen LogP contribution in [0.5, 0.6) is 0 Å². The van der Waals surface area contributed by atoms with Gasteiger partial charge >= 0.3 is 0 Å². The standard InChI is InChI=1S/C16H16N6O2/c17-14-4-1-3-12(20-14)13-10-21(7-8-24-13)16(23)11-9-19-22-6-2-5-18-15(11)22/h1-6,9,13H,7-8,10H2,(H2,17,20). The third-order valence-electron chi connectivity index (χ3n) is 3.99. The predicted octanol–water partition coefficient (Wildman–Crippen LogP) is 0.920. The van der Waals surface area contributed by atoms with Crippen LogP contribution in [0.2, 0.25) is 0 Å². The molecule has 3 aromatic heterocycles. The van der Waals surface area contributed by atoms with Crippen LogP contribution in [0, 0.1) is 0 Å². The minimum absolute atomic E-state index is 0.110. The third kappa shape index (κ3) is 2.56. The molecule has 2 N–H and O–H groups in total. The van der Waals surface area contributed by atoms with Gasteiger partial charge in [0.1, 0.15) is 17.5 Å². The zero-order valence-electron chi connectivity index (χ0n) is 12.9. The average molecular weight is 324 g/mol. The van der Waals surface area contributed by atoms with Crippen molar-refractivity contribution in [2.75, 3.05) is 25.4 Å². The van der Waals surface area contributed by atoms with Gasteiger partial charge in [0, 0.05) is 18.9 Å². The van der Waals surface area contributed by atoms with Crippen molar-refractivity contribution in [3.63, 3.8) is 0 Å². The molecule has 1 aliphatic rings. The molecule has 122 valence electrons. The van der Waals surface area contributed by atoms with Crippen molar-refractivity contribution in [1.29, 1.82) is 0 Å². The van der Waals surface area contributed by atoms with Crippen LogP contribution in [0.25, 0.3) is 5.65 Å². The quantitative estimate of drug-likeness (QED) is 0.752. The number of anilines is 1. The summed E-state index contributed by atoms with van der Waals surface area (Å²) < 4.78 is 7.34. The number of nitrogens with two attached hydrogens (primary N) is 1. The van der Waals surface area contributed by atoms with Crippen LogP contribution in [0.1, 0.15) is 22.2 Å². The normalized spacial score (nSPS) is 18.0. The molecule has 1 unspecified atom stereocenters. The molecule has 1 fully saturated rings. The molecule has 1 atom stereocenters. The molecule has 0 aromatic carbocycles. The second kappa shape index (κ2) is 5.89. The summed E-state index contributed by atoms with van der Waals surface area (Å²) in [6, 6.07) is 7.17. The number of carbonyl (C=O) groups excluding carboxylic acids is 1. The molecule has 1 aliphatic heterocycles. The summed E-state index contributed by atoms with van der Waals surface area (Å²) in [5.74, 6) is 0.326. The minimum Gasteiger partial charge on any atom is -0.384 e. The van der Waals surface area contributed by atoms with Crippen LogP contribution in [0.15, 0.2) is 42.9 Å². The van der Waals surface area contributed by atoms with Gasteiger partial charge in [-0.25, -0.2) is 14.5 Å². The van der Waals surface area contributed by atoms with E-state index in [1.165, 1.54) is 0 Å². The molecule has 0 aliphatic carbocycles. The lowest BCUT2D eigenvalue weighted by Crippen LogP contribution is -2.42. The first-order chi connectivity index (χ1) is 11.7. The van der Waals surface area contributed by atoms with Crippen LogP contribution in [-0.2, 0) is 4.74 Å². The first-order valence-electron chi connectivity index (χ1n) is 7.64. The van der Waals surface area contributed by atoms with Crippen molar-refractivity contribution < 1.29 is 9.53 Å². The number of amides is 1. The highest BCUT2D eigenvalue weighted by Gasteiger charge is 2.28. The van der Waals surface area contributed by atoms with Crippen molar-refractivity contribution in [1.82, 2.24) is 24.5 Å². The monoisotopic (exact) mass is 324 g/mol. The van der Waals surface area contributed by atoms with E-state index >= 15 is 0 Å². The number of hydrogen-bond acceptors (Lipinski definition) is 6. The lowest BCUT2D eigenvalue weighted by Gasteiger charge is -2.32. The Hall–Kier alpha value is -3.00. The summed E-state index contributed by atoms with van der Waals surface area (Å²) in [5.41, 5.74) is 7.49. The van der Waals surface area contributed by atoms with Gasteiger partial charge in [-0.1, -0.05) is 6.07 Å². The zero-order chi connectivity index (χ0) is 16.5. The van der Waals surface area contributed by atoms with E-state index < -0.39 is 0 Å². The molecule has 8 heteroatoms. The molecule has 4 heterocycles. The van der Waals surface area contributed by atoms with E-state index in [9.17, 15) is 4.79 Å². The van der Waals surface area contributed by atoms with E-state index in [-0.39, 0.29) is 12.0 Å². The second-order valence-corrected chi connectivity index (χ2v) is 5.54. The van der Waals surface area contributed by atoms with E-state index in [0.29, 0.717) is 36.7 Å². The number of ether oxygens (including phenoxy) is 1. The van der Waals surface area contributed by atoms with E-state index in [4.69, 9.17) is 10.5 Å². The van der Waals surface area contributed by atoms with E-state index in [1.54, 1.807) is 40.1 Å². The van der Waals surface area contributed by atoms with E-state index in [1.807, 2.05) is 12.1 Å². The Kier molecular flexibility index (Phi) is 3.58. The number of carbonyl (C=O) groups is 1. The average Bonchev–Trinajstić information content (AvgIpc) is 3.05. The summed E-state index contributed by atoms with van der Waals surface area (Å²) >= 11 is 0. The largest absolute Gasteiger partial charge is 0.384 e. The summed E-state index contributed by atoms with van der Waals surface area (Å²) in [6.07, 6.45) is 4.67. The maximum absolute atomic E-state index is 12.9. The van der Waals surface area contributed by atoms with E-state index in [0.717, 1.165) is 5.69 Å². The molecule has 0 bridgehead atoms. The number of rotatable bonds is 2. The van der Waals surface area contributed by atoms with Gasteiger partial charge in [0.25, 0.3) is 5.91 Å². The highest BCUT2D eigenvalue weighted by molar-refractivity contribution is 5.99. The fourth-order valence-electron chi connectivity index (χ4n) is 2.81. The van der Waals surface area contributed by atoms with Crippen molar-refractivity contribution >= 4 is 17.4 Å². The molecule has 1 amide bonds. The van der Waals surface area contributed by atoms with Gasteiger partial charge in [0.05, 0.1) is 25.0 Å². The Bertz CT molecular complexity index is 893. The Morgan fingerprint density at radius 2 is 2.25 bits per heavy atom. The van der Waals surface area contributed by atoms with Crippen LogP contribution in [-0.4, -0.2) is 50.1 Å². The Morgan fingerprint density at radius 3 is 3.12 bits per heavy atom. The fourth-order valence-corrected chi connectivity index (χ4v) is 2.81. The summed E-state index contributed by atoms with van der Waals surface area (Å²) in [6.45, 7) is 1.38. The number of nitrogen functional groups attached to an aromatic ring is 1. The van der Waals surface area contributed by atoms with Gasteiger partial charge in [-0.2, -0.15) is 5.10 Å². The molecule has 24 heavy (non-hydrogen) atoms. The van der Waals surface area contributed by atoms with Crippen LogP contribution >= 0.6 is 0 Å². The number of morpholine rings is 1. The number of aromatic nitrogens is 4. The first-order valence-corrected chi connectivity index (χ1v) is 7.64. The fraction of sp³-hybridized carbons (Fsp3) is 0.250. The van der Waals surface area contributed by atoms with Gasteiger partial charge in [-0.15, -0.1) is 0 Å². The van der Waals surface area contributed by atoms with Gasteiger partial charge in [0.15, 0.2) is 5.65 Å². The van der Waals surface area contributed by atoms with Crippen LogP contribution < -0.4 is 5.73 Å². The summed E-state index contributed by atoms with van der Waals surface area (Å²) in [4.78, 5) is 23.1. The topological polar surface area (TPSA) is 98.6 Å². The number of pyridine rings is 1. The van der Waals surface area contributed by atoms with Crippen molar-refractivity contribution in [3.8, 4) is 0 Å². The maximum atomic E-state index is 12.9. The van der Waals surface area contributed by atoms with Gasteiger partial charge in [-0.05, 0) is 18.2 Å². The Labute approximate surface area is 137 Å². The minimum atomic E-state index is -0.291. The molecule has 4 rings (SSSR count). The van der Waals surface area contributed by atoms with Gasteiger partial charge in [-0.3, -0.25) is 4.79 Å². The Balaban J connectivity index is 1.58. The molecule has 0 saturated carbocycles. The van der Waals surface area contributed by atoms with Crippen molar-refractivity contribution in [3.05, 3.63) is 54.1 Å². The molecule has 8 nitrogen and oxygen atoms in total. The van der Waals surface area contributed by atoms with Crippen LogP contribution in [0.4, 0.5) is 5.82 Å². The van der Waals surface area contributed by atoms with Gasteiger partial charge in [0.2, 0.25) is 0 Å². The molecule has 0 spiro atoms. The number of hydrogen-bond donors (Lipinski definition) is 1. The summed E-state index contributed by atoms with van der Waals surface area (Å²) in [5, 5.41) is 4.17. The zero-order valence-corrected chi connectivity index (χ0v) is 12.9. The second-order valence-electron chi connectivity index (χ2n) is 5.54. The lowest BCUT2D eigenvalue weighted by molar-refractivity contribution is -0.0246. The number of fused-ring (bicyclic) bond motifs is 1. The highest BCUT2D eigenvalue weighted by Crippen LogP contribution is 2.23. The van der Waals surface area contributed by atoms with Crippen molar-refractivity contribution in [2.24, 2.45) is 0 Å². The smallest absolute Gasteiger partial charge is 0.259 e. The first kappa shape index (κ1) is 14.6. The molecule has 1 saturated heterocycles. The summed E-state index contributed by atoms with van der Waals surface area (Å²) in [7, 11) is 0. The highest BCUT2D eigenvalue weighted by atomic mass is 16.5. The van der Waals surface area contributed by atoms with Crippen LogP contribution in [0.3, 0.4) is 0 Å². The van der Waals surface area contributed by atoms with E-state index in [2.05, 4.69) is 15.1 Å². The molecular formula is C16H16N6O2. The molecule has 0 radical (unpaired) electrons. The lowest BCUT2D eigenvalue weighted by atomic mass is 10.1. The molecule has 3 aromatic rings.